The van der Waals surface area contributed by atoms with E-state index in [1.807, 2.05) is 35.2 Å². The lowest BCUT2D eigenvalue weighted by atomic mass is 9.91. The summed E-state index contributed by atoms with van der Waals surface area (Å²) in [5.41, 5.74) is 9.01. The van der Waals surface area contributed by atoms with Crippen LogP contribution < -0.4 is 16.4 Å². The smallest absolute Gasteiger partial charge is 0.227 e. The number of fused-ring (bicyclic) bond motifs is 1. The Bertz CT molecular complexity index is 938. The highest BCUT2D eigenvalue weighted by Crippen LogP contribution is 2.24. The van der Waals surface area contributed by atoms with Gasteiger partial charge in [-0.1, -0.05) is 36.6 Å². The number of benzene rings is 1. The number of nitrogens with one attached hydrogen (secondary N) is 2. The maximum absolute atomic E-state index is 6.30. The van der Waals surface area contributed by atoms with Crippen molar-refractivity contribution in [2.45, 2.75) is 57.8 Å². The van der Waals surface area contributed by atoms with Crippen LogP contribution in [-0.4, -0.2) is 31.6 Å². The molecule has 2 atom stereocenters. The fraction of sp³-hybridized carbons (Fsp3) is 0.450. The number of aryl methyl sites for hydroxylation is 1. The van der Waals surface area contributed by atoms with E-state index in [9.17, 15) is 0 Å². The lowest BCUT2D eigenvalue weighted by Gasteiger charge is -2.29. The number of nitrogens with zero attached hydrogens (tertiary/aromatic N) is 4. The third-order valence-electron chi connectivity index (χ3n) is 5.31. The molecule has 0 aliphatic heterocycles. The van der Waals surface area contributed by atoms with E-state index in [0.29, 0.717) is 12.5 Å². The molecule has 2 unspecified atom stereocenters. The monoisotopic (exact) mass is 399 g/mol. The molecule has 8 heteroatoms. The van der Waals surface area contributed by atoms with Crippen LogP contribution in [0.3, 0.4) is 0 Å². The molecule has 0 saturated heterocycles. The predicted octanol–water partition coefficient (Wildman–Crippen LogP) is 3.79. The summed E-state index contributed by atoms with van der Waals surface area (Å²) >= 11 is 5.98. The van der Waals surface area contributed by atoms with Crippen molar-refractivity contribution >= 4 is 34.5 Å². The number of anilines is 2. The summed E-state index contributed by atoms with van der Waals surface area (Å²) in [5, 5.41) is 7.60. The highest BCUT2D eigenvalue weighted by Gasteiger charge is 2.23. The van der Waals surface area contributed by atoms with Crippen LogP contribution in [0, 0.1) is 0 Å². The van der Waals surface area contributed by atoms with Crippen LogP contribution in [0.15, 0.2) is 30.6 Å². The third kappa shape index (κ3) is 4.05. The molecule has 0 spiro atoms. The van der Waals surface area contributed by atoms with E-state index in [1.54, 1.807) is 0 Å². The van der Waals surface area contributed by atoms with Gasteiger partial charge in [-0.25, -0.2) is 4.98 Å². The second kappa shape index (κ2) is 8.32. The van der Waals surface area contributed by atoms with Crippen LogP contribution in [-0.2, 0) is 13.1 Å². The van der Waals surface area contributed by atoms with Gasteiger partial charge in [0.05, 0.1) is 6.33 Å². The molecule has 7 nitrogen and oxygen atoms in total. The molecule has 1 aromatic carbocycles. The molecular formula is C20H26ClN7. The first-order valence-corrected chi connectivity index (χ1v) is 10.2. The highest BCUT2D eigenvalue weighted by atomic mass is 35.5. The molecule has 0 amide bonds. The molecular weight excluding hydrogens is 374 g/mol. The van der Waals surface area contributed by atoms with Crippen molar-refractivity contribution in [3.63, 3.8) is 0 Å². The third-order valence-corrected chi connectivity index (χ3v) is 5.56. The number of halogens is 1. The molecule has 4 N–H and O–H groups in total. The summed E-state index contributed by atoms with van der Waals surface area (Å²) in [4.78, 5) is 14.0. The van der Waals surface area contributed by atoms with Crippen LogP contribution >= 0.6 is 11.6 Å². The molecule has 1 fully saturated rings. The van der Waals surface area contributed by atoms with Crippen molar-refractivity contribution in [1.29, 1.82) is 0 Å². The van der Waals surface area contributed by atoms with Gasteiger partial charge in [0, 0.05) is 30.2 Å². The molecule has 28 heavy (non-hydrogen) atoms. The number of hydrogen-bond donors (Lipinski definition) is 3. The average Bonchev–Trinajstić information content (AvgIpc) is 3.12. The number of nitrogens with two attached hydrogens (primary N) is 1. The maximum Gasteiger partial charge on any atom is 0.227 e. The number of aromatic nitrogens is 4. The topological polar surface area (TPSA) is 93.7 Å². The summed E-state index contributed by atoms with van der Waals surface area (Å²) in [6.45, 7) is 3.51. The molecule has 1 saturated carbocycles. The van der Waals surface area contributed by atoms with Crippen molar-refractivity contribution < 1.29 is 0 Å². The van der Waals surface area contributed by atoms with Crippen molar-refractivity contribution in [3.05, 3.63) is 41.2 Å². The van der Waals surface area contributed by atoms with Crippen molar-refractivity contribution in [3.8, 4) is 0 Å². The van der Waals surface area contributed by atoms with Crippen LogP contribution in [0.2, 0.25) is 5.02 Å². The number of rotatable bonds is 6. The first-order chi connectivity index (χ1) is 13.6. The summed E-state index contributed by atoms with van der Waals surface area (Å²) in [5.74, 6) is 1.32. The van der Waals surface area contributed by atoms with Gasteiger partial charge in [-0.05, 0) is 37.5 Å². The van der Waals surface area contributed by atoms with E-state index >= 15 is 0 Å². The van der Waals surface area contributed by atoms with E-state index in [1.165, 1.54) is 12.8 Å². The molecule has 2 heterocycles. The fourth-order valence-electron chi connectivity index (χ4n) is 3.66. The van der Waals surface area contributed by atoms with Gasteiger partial charge < -0.3 is 20.9 Å². The van der Waals surface area contributed by atoms with Gasteiger partial charge in [-0.2, -0.15) is 9.97 Å². The Morgan fingerprint density at radius 3 is 2.71 bits per heavy atom. The van der Waals surface area contributed by atoms with Crippen molar-refractivity contribution in [1.82, 2.24) is 19.5 Å². The van der Waals surface area contributed by atoms with E-state index in [4.69, 9.17) is 27.3 Å². The van der Waals surface area contributed by atoms with Crippen LogP contribution in [0.25, 0.3) is 11.2 Å². The molecule has 148 valence electrons. The number of imidazole rings is 1. The van der Waals surface area contributed by atoms with E-state index < -0.39 is 0 Å². The highest BCUT2D eigenvalue weighted by molar-refractivity contribution is 6.30. The Labute approximate surface area is 169 Å². The van der Waals surface area contributed by atoms with Gasteiger partial charge in [-0.15, -0.1) is 0 Å². The molecule has 0 radical (unpaired) electrons. The van der Waals surface area contributed by atoms with Gasteiger partial charge in [0.1, 0.15) is 0 Å². The summed E-state index contributed by atoms with van der Waals surface area (Å²) < 4.78 is 2.02. The van der Waals surface area contributed by atoms with Gasteiger partial charge in [-0.3, -0.25) is 0 Å². The van der Waals surface area contributed by atoms with Crippen LogP contribution in [0.5, 0.6) is 0 Å². The second-order valence-electron chi connectivity index (χ2n) is 7.28. The number of hydrogen-bond acceptors (Lipinski definition) is 6. The minimum absolute atomic E-state index is 0.134. The molecule has 4 rings (SSSR count). The molecule has 1 aliphatic carbocycles. The van der Waals surface area contributed by atoms with E-state index in [0.717, 1.165) is 47.0 Å². The van der Waals surface area contributed by atoms with Crippen LogP contribution in [0.4, 0.5) is 11.8 Å². The Kier molecular flexibility index (Phi) is 5.64. The minimum atomic E-state index is 0.134. The zero-order chi connectivity index (χ0) is 19.5. The van der Waals surface area contributed by atoms with Gasteiger partial charge in [0.25, 0.3) is 0 Å². The zero-order valence-electron chi connectivity index (χ0n) is 16.0. The predicted molar refractivity (Wildman–Crippen MR) is 114 cm³/mol. The lowest BCUT2D eigenvalue weighted by Crippen LogP contribution is -2.43. The first-order valence-electron chi connectivity index (χ1n) is 9.87. The van der Waals surface area contributed by atoms with E-state index in [2.05, 4.69) is 22.5 Å². The normalized spacial score (nSPS) is 19.7. The standard InChI is InChI=1S/C20H26ClN7/c1-2-28-12-24-17-18(23-11-13-7-9-14(21)10-8-13)26-20(27-19(17)28)25-16-6-4-3-5-15(16)22/h7-10,12,15-16H,2-6,11,22H2,1H3,(H2,23,25,26,27). The summed E-state index contributed by atoms with van der Waals surface area (Å²) in [6, 6.07) is 8.11. The fourth-order valence-corrected chi connectivity index (χ4v) is 3.78. The maximum atomic E-state index is 6.30. The average molecular weight is 400 g/mol. The minimum Gasteiger partial charge on any atom is -0.364 e. The molecule has 2 aromatic heterocycles. The van der Waals surface area contributed by atoms with Crippen LogP contribution in [0.1, 0.15) is 38.2 Å². The van der Waals surface area contributed by atoms with Gasteiger partial charge >= 0.3 is 0 Å². The SMILES string of the molecule is CCn1cnc2c(NCc3ccc(Cl)cc3)nc(NC3CCCCC3N)nc21. The second-order valence-corrected chi connectivity index (χ2v) is 7.71. The Morgan fingerprint density at radius 2 is 1.96 bits per heavy atom. The summed E-state index contributed by atoms with van der Waals surface area (Å²) in [6.07, 6.45) is 6.26. The Hall–Kier alpha value is -2.38. The quantitative estimate of drug-likeness (QED) is 0.583. The first kappa shape index (κ1) is 19.0. The van der Waals surface area contributed by atoms with Gasteiger partial charge in [0.15, 0.2) is 17.0 Å². The lowest BCUT2D eigenvalue weighted by molar-refractivity contribution is 0.402. The largest absolute Gasteiger partial charge is 0.364 e. The van der Waals surface area contributed by atoms with Crippen molar-refractivity contribution in [2.24, 2.45) is 5.73 Å². The van der Waals surface area contributed by atoms with Crippen molar-refractivity contribution in [2.75, 3.05) is 10.6 Å². The molecule has 0 bridgehead atoms. The zero-order valence-corrected chi connectivity index (χ0v) is 16.8. The Balaban J connectivity index is 1.61. The van der Waals surface area contributed by atoms with Gasteiger partial charge in [0.2, 0.25) is 5.95 Å². The Morgan fingerprint density at radius 1 is 1.18 bits per heavy atom. The van der Waals surface area contributed by atoms with E-state index in [-0.39, 0.29) is 12.1 Å². The molecule has 3 aromatic rings. The molecule has 1 aliphatic rings. The summed E-state index contributed by atoms with van der Waals surface area (Å²) in [7, 11) is 0.